The molecule has 0 saturated carbocycles. The highest BCUT2D eigenvalue weighted by Crippen LogP contribution is 2.49. The molecule has 0 saturated heterocycles. The van der Waals surface area contributed by atoms with E-state index in [1.807, 2.05) is 34.6 Å². The van der Waals surface area contributed by atoms with Gasteiger partial charge in [0.1, 0.15) is 5.75 Å². The number of hydrogen-bond acceptors (Lipinski definition) is 7. The summed E-state index contributed by atoms with van der Waals surface area (Å²) in [5.74, 6) is -0.00795. The van der Waals surface area contributed by atoms with Crippen molar-refractivity contribution in [3.63, 3.8) is 0 Å². The van der Waals surface area contributed by atoms with Gasteiger partial charge in [-0.1, -0.05) is 41.0 Å². The predicted molar refractivity (Wildman–Crippen MR) is 115 cm³/mol. The van der Waals surface area contributed by atoms with Crippen molar-refractivity contribution in [1.29, 1.82) is 0 Å². The minimum absolute atomic E-state index is 0.0197. The first-order valence-corrected chi connectivity index (χ1v) is 11.7. The first-order chi connectivity index (χ1) is 13.9. The topological polar surface area (TPSA) is 125 Å². The highest BCUT2D eigenvalue weighted by atomic mass is 32.2. The molecule has 1 rings (SSSR count). The van der Waals surface area contributed by atoms with Gasteiger partial charge in [0.15, 0.2) is 0 Å². The predicted octanol–water partition coefficient (Wildman–Crippen LogP) is 4.52. The maximum atomic E-state index is 11.9. The average molecular weight is 448 g/mol. The van der Waals surface area contributed by atoms with Crippen molar-refractivity contribution in [2.24, 2.45) is 0 Å². The van der Waals surface area contributed by atoms with Crippen LogP contribution in [0.3, 0.4) is 0 Å². The molecule has 0 spiro atoms. The molecule has 1 aromatic carbocycles. The van der Waals surface area contributed by atoms with Crippen LogP contribution in [0.4, 0.5) is 5.69 Å². The van der Waals surface area contributed by atoms with E-state index in [2.05, 4.69) is 0 Å². The van der Waals surface area contributed by atoms with Gasteiger partial charge in [-0.3, -0.25) is 14.7 Å². The fourth-order valence-electron chi connectivity index (χ4n) is 2.80. The maximum absolute atomic E-state index is 11.9. The third kappa shape index (κ3) is 7.98. The molecule has 1 N–H and O–H groups in total. The Kier molecular flexibility index (Phi) is 9.83. The second kappa shape index (κ2) is 11.4. The fraction of sp³-hybridized carbons (Fsp3) is 0.700. The van der Waals surface area contributed by atoms with Gasteiger partial charge in [0.2, 0.25) is 11.5 Å². The van der Waals surface area contributed by atoms with Crippen LogP contribution in [0.25, 0.3) is 0 Å². The van der Waals surface area contributed by atoms with E-state index in [4.69, 9.17) is 18.8 Å². The minimum Gasteiger partial charge on any atom is -0.493 e. The average Bonchev–Trinajstić information content (AvgIpc) is 2.61. The van der Waals surface area contributed by atoms with E-state index in [1.54, 1.807) is 0 Å². The Hall–Kier alpha value is -2.07. The van der Waals surface area contributed by atoms with Crippen molar-refractivity contribution in [3.05, 3.63) is 21.7 Å². The van der Waals surface area contributed by atoms with Crippen LogP contribution in [0.1, 0.15) is 65.9 Å². The SMILES string of the molecule is CCCCOc1cc(OCCCS(=O)(=O)O)c([N+](=O)[O-])c(OCCC)c1C(C)(C)C. The maximum Gasteiger partial charge on any atom is 0.352 e. The molecular weight excluding hydrogens is 414 g/mol. The number of ether oxygens (including phenoxy) is 3. The van der Waals surface area contributed by atoms with Crippen LogP contribution >= 0.6 is 0 Å². The minimum atomic E-state index is -4.14. The summed E-state index contributed by atoms with van der Waals surface area (Å²) in [5, 5.41) is 11.9. The Bertz CT molecular complexity index is 815. The summed E-state index contributed by atoms with van der Waals surface area (Å²) in [5.41, 5.74) is -0.231. The van der Waals surface area contributed by atoms with Crippen LogP contribution < -0.4 is 14.2 Å². The summed E-state index contributed by atoms with van der Waals surface area (Å²) in [4.78, 5) is 11.4. The van der Waals surface area contributed by atoms with Crippen LogP contribution in [-0.4, -0.2) is 43.5 Å². The van der Waals surface area contributed by atoms with E-state index in [0.29, 0.717) is 24.3 Å². The van der Waals surface area contributed by atoms with Crippen molar-refractivity contribution < 1.29 is 32.1 Å². The Morgan fingerprint density at radius 2 is 1.60 bits per heavy atom. The van der Waals surface area contributed by atoms with Gasteiger partial charge in [-0.05, 0) is 24.7 Å². The summed E-state index contributed by atoms with van der Waals surface area (Å²) >= 11 is 0. The molecule has 0 heterocycles. The third-order valence-electron chi connectivity index (χ3n) is 4.13. The molecule has 0 aliphatic heterocycles. The first-order valence-electron chi connectivity index (χ1n) is 10.1. The number of hydrogen-bond donors (Lipinski definition) is 1. The smallest absolute Gasteiger partial charge is 0.352 e. The Morgan fingerprint density at radius 1 is 1.00 bits per heavy atom. The monoisotopic (exact) mass is 447 g/mol. The number of nitrogens with zero attached hydrogens (tertiary/aromatic N) is 1. The molecule has 0 unspecified atom stereocenters. The fourth-order valence-corrected chi connectivity index (χ4v) is 3.29. The summed E-state index contributed by atoms with van der Waals surface area (Å²) in [6.45, 7) is 10.3. The zero-order chi connectivity index (χ0) is 22.9. The van der Waals surface area contributed by atoms with Gasteiger partial charge in [-0.2, -0.15) is 8.42 Å². The molecule has 9 nitrogen and oxygen atoms in total. The van der Waals surface area contributed by atoms with Crippen molar-refractivity contribution in [2.45, 2.75) is 65.7 Å². The van der Waals surface area contributed by atoms with Crippen LogP contribution in [0.5, 0.6) is 17.2 Å². The summed E-state index contributed by atoms with van der Waals surface area (Å²) in [6.07, 6.45) is 2.38. The van der Waals surface area contributed by atoms with Crippen molar-refractivity contribution in [2.75, 3.05) is 25.6 Å². The molecule has 0 aromatic heterocycles. The second-order valence-corrected chi connectivity index (χ2v) is 9.54. The first kappa shape index (κ1) is 26.0. The van der Waals surface area contributed by atoms with Gasteiger partial charge < -0.3 is 14.2 Å². The number of rotatable bonds is 13. The van der Waals surface area contributed by atoms with Gasteiger partial charge in [0.25, 0.3) is 10.1 Å². The third-order valence-corrected chi connectivity index (χ3v) is 4.93. The molecule has 0 amide bonds. The summed E-state index contributed by atoms with van der Waals surface area (Å²) in [7, 11) is -4.14. The van der Waals surface area contributed by atoms with Crippen molar-refractivity contribution in [3.8, 4) is 17.2 Å². The normalized spacial score (nSPS) is 11.9. The highest BCUT2D eigenvalue weighted by molar-refractivity contribution is 7.85. The molecule has 0 atom stereocenters. The summed E-state index contributed by atoms with van der Waals surface area (Å²) in [6, 6.07) is 1.47. The van der Waals surface area contributed by atoms with E-state index in [1.165, 1.54) is 6.07 Å². The Labute approximate surface area is 178 Å². The van der Waals surface area contributed by atoms with Gasteiger partial charge in [-0.15, -0.1) is 0 Å². The van der Waals surface area contributed by atoms with Gasteiger partial charge in [0.05, 0.1) is 30.5 Å². The lowest BCUT2D eigenvalue weighted by Gasteiger charge is -2.26. The molecule has 0 radical (unpaired) electrons. The lowest BCUT2D eigenvalue weighted by atomic mass is 9.84. The summed E-state index contributed by atoms with van der Waals surface area (Å²) < 4.78 is 48.0. The second-order valence-electron chi connectivity index (χ2n) is 7.97. The standard InChI is InChI=1S/C20H33NO8S/c1-6-8-11-27-15-14-16(28-12-9-13-30(24,25)26)18(21(22)23)19(29-10-7-2)17(15)20(3,4)5/h14H,6-13H2,1-5H3,(H,24,25,26). The number of nitro benzene ring substituents is 1. The van der Waals surface area contributed by atoms with Crippen molar-refractivity contribution >= 4 is 15.8 Å². The molecule has 30 heavy (non-hydrogen) atoms. The molecule has 10 heteroatoms. The van der Waals surface area contributed by atoms with Crippen molar-refractivity contribution in [1.82, 2.24) is 0 Å². The largest absolute Gasteiger partial charge is 0.493 e. The molecule has 0 fully saturated rings. The molecule has 0 bridgehead atoms. The quantitative estimate of drug-likeness (QED) is 0.202. The van der Waals surface area contributed by atoms with E-state index >= 15 is 0 Å². The molecule has 172 valence electrons. The van der Waals surface area contributed by atoms with Crippen LogP contribution in [0.2, 0.25) is 0 Å². The zero-order valence-electron chi connectivity index (χ0n) is 18.4. The lowest BCUT2D eigenvalue weighted by Crippen LogP contribution is -2.18. The number of benzene rings is 1. The van der Waals surface area contributed by atoms with Crippen LogP contribution in [0, 0.1) is 10.1 Å². The molecule has 0 aliphatic carbocycles. The van der Waals surface area contributed by atoms with E-state index in [-0.39, 0.29) is 36.8 Å². The van der Waals surface area contributed by atoms with Crippen LogP contribution in [-0.2, 0) is 15.5 Å². The Morgan fingerprint density at radius 3 is 2.10 bits per heavy atom. The zero-order valence-corrected chi connectivity index (χ0v) is 19.2. The van der Waals surface area contributed by atoms with Gasteiger partial charge in [0, 0.05) is 11.6 Å². The van der Waals surface area contributed by atoms with Crippen LogP contribution in [0.15, 0.2) is 6.07 Å². The number of nitro groups is 1. The molecular formula is C20H33NO8S. The number of unbranched alkanes of at least 4 members (excludes halogenated alkanes) is 1. The Balaban J connectivity index is 3.49. The van der Waals surface area contributed by atoms with E-state index < -0.39 is 26.2 Å². The van der Waals surface area contributed by atoms with Gasteiger partial charge in [-0.25, -0.2) is 0 Å². The highest BCUT2D eigenvalue weighted by Gasteiger charge is 2.35. The molecule has 1 aromatic rings. The van der Waals surface area contributed by atoms with Gasteiger partial charge >= 0.3 is 5.69 Å². The van der Waals surface area contributed by atoms with E-state index in [9.17, 15) is 18.5 Å². The lowest BCUT2D eigenvalue weighted by molar-refractivity contribution is -0.387. The van der Waals surface area contributed by atoms with E-state index in [0.717, 1.165) is 12.8 Å². The molecule has 0 aliphatic rings.